The maximum absolute atomic E-state index is 5.44. The van der Waals surface area contributed by atoms with Crippen LogP contribution in [0.1, 0.15) is 36.8 Å². The first-order valence-corrected chi connectivity index (χ1v) is 9.22. The zero-order chi connectivity index (χ0) is 17.9. The third-order valence-electron chi connectivity index (χ3n) is 5.26. The number of aromatic nitrogens is 3. The molecule has 7 heteroatoms. The van der Waals surface area contributed by atoms with E-state index in [0.717, 1.165) is 36.8 Å². The maximum Gasteiger partial charge on any atom is 0.247 e. The SMILES string of the molecule is COc1cc2c(cc1OC)CN(c1nncc(NC3CCCC3)n1)CC2. The van der Waals surface area contributed by atoms with Gasteiger partial charge in [-0.3, -0.25) is 0 Å². The van der Waals surface area contributed by atoms with Crippen molar-refractivity contribution in [2.24, 2.45) is 0 Å². The highest BCUT2D eigenvalue weighted by atomic mass is 16.5. The molecule has 2 aromatic rings. The molecule has 0 radical (unpaired) electrons. The van der Waals surface area contributed by atoms with Gasteiger partial charge in [0.2, 0.25) is 5.95 Å². The minimum absolute atomic E-state index is 0.512. The van der Waals surface area contributed by atoms with Crippen molar-refractivity contribution in [3.8, 4) is 11.5 Å². The second kappa shape index (κ2) is 7.35. The van der Waals surface area contributed by atoms with Crippen molar-refractivity contribution in [1.82, 2.24) is 15.2 Å². The summed E-state index contributed by atoms with van der Waals surface area (Å²) < 4.78 is 10.9. The van der Waals surface area contributed by atoms with Crippen LogP contribution in [0.25, 0.3) is 0 Å². The van der Waals surface area contributed by atoms with Gasteiger partial charge in [-0.15, -0.1) is 5.10 Å². The van der Waals surface area contributed by atoms with Crippen LogP contribution in [0.15, 0.2) is 18.3 Å². The lowest BCUT2D eigenvalue weighted by Gasteiger charge is -2.29. The lowest BCUT2D eigenvalue weighted by molar-refractivity contribution is 0.353. The zero-order valence-corrected chi connectivity index (χ0v) is 15.4. The molecule has 0 spiro atoms. The fourth-order valence-electron chi connectivity index (χ4n) is 3.83. The van der Waals surface area contributed by atoms with Crippen molar-refractivity contribution < 1.29 is 9.47 Å². The number of hydrogen-bond acceptors (Lipinski definition) is 7. The Balaban J connectivity index is 1.53. The summed E-state index contributed by atoms with van der Waals surface area (Å²) in [5.74, 6) is 3.03. The number of ether oxygens (including phenoxy) is 2. The van der Waals surface area contributed by atoms with Gasteiger partial charge in [0.15, 0.2) is 17.3 Å². The van der Waals surface area contributed by atoms with Crippen LogP contribution in [0.5, 0.6) is 11.5 Å². The molecule has 7 nitrogen and oxygen atoms in total. The molecule has 0 atom stereocenters. The summed E-state index contributed by atoms with van der Waals surface area (Å²) in [6.45, 7) is 1.60. The van der Waals surface area contributed by atoms with Crippen molar-refractivity contribution >= 4 is 11.8 Å². The summed E-state index contributed by atoms with van der Waals surface area (Å²) in [5.41, 5.74) is 2.50. The van der Waals surface area contributed by atoms with Gasteiger partial charge in [0, 0.05) is 19.1 Å². The number of anilines is 2. The van der Waals surface area contributed by atoms with E-state index < -0.39 is 0 Å². The second-order valence-electron chi connectivity index (χ2n) is 6.91. The van der Waals surface area contributed by atoms with Crippen LogP contribution in [0.3, 0.4) is 0 Å². The Hall–Kier alpha value is -2.57. The summed E-state index contributed by atoms with van der Waals surface area (Å²) in [6, 6.07) is 4.63. The number of nitrogens with zero attached hydrogens (tertiary/aromatic N) is 4. The van der Waals surface area contributed by atoms with Crippen molar-refractivity contribution in [3.63, 3.8) is 0 Å². The van der Waals surface area contributed by atoms with Crippen molar-refractivity contribution in [3.05, 3.63) is 29.5 Å². The van der Waals surface area contributed by atoms with Gasteiger partial charge in [0.25, 0.3) is 0 Å². The van der Waals surface area contributed by atoms with Crippen LogP contribution >= 0.6 is 0 Å². The summed E-state index contributed by atoms with van der Waals surface area (Å²) in [6.07, 6.45) is 7.62. The average Bonchev–Trinajstić information content (AvgIpc) is 3.19. The standard InChI is InChI=1S/C19H25N5O2/c1-25-16-9-13-7-8-24(12-14(13)10-17(16)26-2)19-22-18(11-20-23-19)21-15-5-3-4-6-15/h9-11,15H,3-8,12H2,1-2H3,(H,21,22,23). The molecule has 1 fully saturated rings. The van der Waals surface area contributed by atoms with Crippen molar-refractivity contribution in [2.75, 3.05) is 31.0 Å². The van der Waals surface area contributed by atoms with Crippen molar-refractivity contribution in [1.29, 1.82) is 0 Å². The van der Waals surface area contributed by atoms with Crippen LogP contribution < -0.4 is 19.7 Å². The van der Waals surface area contributed by atoms with E-state index in [4.69, 9.17) is 14.5 Å². The van der Waals surface area contributed by atoms with Gasteiger partial charge >= 0.3 is 0 Å². The molecule has 1 aromatic carbocycles. The largest absolute Gasteiger partial charge is 0.493 e. The van der Waals surface area contributed by atoms with Crippen LogP contribution in [-0.4, -0.2) is 42.0 Å². The van der Waals surface area contributed by atoms with Gasteiger partial charge in [-0.05, 0) is 42.5 Å². The fourth-order valence-corrected chi connectivity index (χ4v) is 3.83. The molecule has 2 heterocycles. The molecule has 1 saturated carbocycles. The van der Waals surface area contributed by atoms with E-state index in [1.54, 1.807) is 20.4 Å². The number of rotatable bonds is 5. The molecule has 0 saturated heterocycles. The van der Waals surface area contributed by atoms with Gasteiger partial charge in [-0.25, -0.2) is 0 Å². The van der Waals surface area contributed by atoms with Crippen LogP contribution in [0.4, 0.5) is 11.8 Å². The van der Waals surface area contributed by atoms with Crippen LogP contribution in [0, 0.1) is 0 Å². The highest BCUT2D eigenvalue weighted by Gasteiger charge is 2.22. The normalized spacial score (nSPS) is 17.1. The first kappa shape index (κ1) is 16.9. The Morgan fingerprint density at radius 3 is 2.54 bits per heavy atom. The summed E-state index contributed by atoms with van der Waals surface area (Å²) in [7, 11) is 3.33. The molecule has 2 aliphatic rings. The Kier molecular flexibility index (Phi) is 4.77. The summed E-state index contributed by atoms with van der Waals surface area (Å²) in [5, 5.41) is 11.9. The maximum atomic E-state index is 5.44. The third-order valence-corrected chi connectivity index (χ3v) is 5.26. The minimum Gasteiger partial charge on any atom is -0.493 e. The monoisotopic (exact) mass is 355 g/mol. The highest BCUT2D eigenvalue weighted by molar-refractivity contribution is 5.51. The predicted octanol–water partition coefficient (Wildman–Crippen LogP) is 2.81. The average molecular weight is 355 g/mol. The Bertz CT molecular complexity index is 777. The summed E-state index contributed by atoms with van der Waals surface area (Å²) >= 11 is 0. The fraction of sp³-hybridized carbons (Fsp3) is 0.526. The van der Waals surface area contributed by atoms with Gasteiger partial charge in [0.05, 0.1) is 20.4 Å². The number of hydrogen-bond donors (Lipinski definition) is 1. The number of fused-ring (bicyclic) bond motifs is 1. The molecule has 1 aliphatic heterocycles. The first-order chi connectivity index (χ1) is 12.8. The third kappa shape index (κ3) is 3.38. The van der Waals surface area contributed by atoms with Gasteiger partial charge in [0.1, 0.15) is 0 Å². The van der Waals surface area contributed by atoms with Gasteiger partial charge < -0.3 is 19.7 Å². The van der Waals surface area contributed by atoms with E-state index in [-0.39, 0.29) is 0 Å². The highest BCUT2D eigenvalue weighted by Crippen LogP contribution is 2.34. The minimum atomic E-state index is 0.512. The van der Waals surface area contributed by atoms with E-state index >= 15 is 0 Å². The Labute approximate surface area is 153 Å². The van der Waals surface area contributed by atoms with Crippen LogP contribution in [-0.2, 0) is 13.0 Å². The quantitative estimate of drug-likeness (QED) is 0.884. The molecule has 138 valence electrons. The molecule has 0 unspecified atom stereocenters. The molecular weight excluding hydrogens is 330 g/mol. The molecule has 1 aromatic heterocycles. The lowest BCUT2D eigenvalue weighted by atomic mass is 9.99. The smallest absolute Gasteiger partial charge is 0.247 e. The Morgan fingerprint density at radius 2 is 1.81 bits per heavy atom. The van der Waals surface area contributed by atoms with Crippen LogP contribution in [0.2, 0.25) is 0 Å². The van der Waals surface area contributed by atoms with E-state index in [2.05, 4.69) is 26.5 Å². The predicted molar refractivity (Wildman–Crippen MR) is 100 cm³/mol. The van der Waals surface area contributed by atoms with E-state index in [1.807, 2.05) is 6.07 Å². The first-order valence-electron chi connectivity index (χ1n) is 9.22. The lowest BCUT2D eigenvalue weighted by Crippen LogP contribution is -2.32. The topological polar surface area (TPSA) is 72.4 Å². The second-order valence-corrected chi connectivity index (χ2v) is 6.91. The molecule has 0 amide bonds. The molecule has 1 aliphatic carbocycles. The van der Waals surface area contributed by atoms with Gasteiger partial charge in [-0.2, -0.15) is 10.1 Å². The molecular formula is C19H25N5O2. The molecule has 26 heavy (non-hydrogen) atoms. The molecule has 4 rings (SSSR count). The number of benzene rings is 1. The summed E-state index contributed by atoms with van der Waals surface area (Å²) in [4.78, 5) is 6.86. The van der Waals surface area contributed by atoms with E-state index in [0.29, 0.717) is 12.0 Å². The number of nitrogens with one attached hydrogen (secondary N) is 1. The molecule has 1 N–H and O–H groups in total. The zero-order valence-electron chi connectivity index (χ0n) is 15.4. The molecule has 0 bridgehead atoms. The van der Waals surface area contributed by atoms with Gasteiger partial charge in [-0.1, -0.05) is 12.8 Å². The van der Waals surface area contributed by atoms with Crippen molar-refractivity contribution in [2.45, 2.75) is 44.7 Å². The van der Waals surface area contributed by atoms with E-state index in [9.17, 15) is 0 Å². The van der Waals surface area contributed by atoms with E-state index in [1.165, 1.54) is 36.8 Å². The Morgan fingerprint density at radius 1 is 1.08 bits per heavy atom. The number of methoxy groups -OCH3 is 2.